The first-order valence-corrected chi connectivity index (χ1v) is 8.05. The molecule has 0 heterocycles. The first kappa shape index (κ1) is 14.4. The van der Waals surface area contributed by atoms with Crippen molar-refractivity contribution in [2.45, 2.75) is 11.3 Å². The maximum atomic E-state index is 6.04. The minimum absolute atomic E-state index is 0.608. The number of rotatable bonds is 5. The van der Waals surface area contributed by atoms with Crippen LogP contribution in [0.3, 0.4) is 0 Å². The smallest absolute Gasteiger partial charge is 0.140 e. The highest BCUT2D eigenvalue weighted by Gasteiger charge is 2.08. The number of hydrogen-bond acceptors (Lipinski definition) is 3. The maximum Gasteiger partial charge on any atom is 0.140 e. The van der Waals surface area contributed by atoms with Crippen molar-refractivity contribution in [3.05, 3.63) is 52.5 Å². The Morgan fingerprint density at radius 3 is 2.68 bits per heavy atom. The van der Waals surface area contributed by atoms with Gasteiger partial charge in [0.25, 0.3) is 0 Å². The molecule has 0 fully saturated rings. The van der Waals surface area contributed by atoms with Gasteiger partial charge in [0.05, 0.1) is 0 Å². The second-order valence-electron chi connectivity index (χ2n) is 4.04. The van der Waals surface area contributed by atoms with E-state index < -0.39 is 0 Å². The summed E-state index contributed by atoms with van der Waals surface area (Å²) in [5.74, 6) is 1.76. The average molecular weight is 338 g/mol. The molecule has 0 amide bonds. The zero-order valence-electron chi connectivity index (χ0n) is 10.7. The van der Waals surface area contributed by atoms with Crippen LogP contribution in [0.15, 0.2) is 51.8 Å². The number of nitrogens with two attached hydrogens (primary N) is 1. The van der Waals surface area contributed by atoms with Crippen molar-refractivity contribution in [3.63, 3.8) is 0 Å². The molecule has 0 unspecified atom stereocenters. The molecular formula is C15H16BrNOS. The lowest BCUT2D eigenvalue weighted by molar-refractivity contribution is 0.465. The number of thioether (sulfide) groups is 1. The summed E-state index contributed by atoms with van der Waals surface area (Å²) >= 11 is 5.16. The molecule has 2 aromatic carbocycles. The van der Waals surface area contributed by atoms with Gasteiger partial charge in [0.1, 0.15) is 11.5 Å². The van der Waals surface area contributed by atoms with Crippen LogP contribution in [0.25, 0.3) is 0 Å². The predicted octanol–water partition coefficient (Wildman–Crippen LogP) is 4.46. The zero-order valence-corrected chi connectivity index (χ0v) is 13.1. The van der Waals surface area contributed by atoms with E-state index >= 15 is 0 Å². The second-order valence-corrected chi connectivity index (χ2v) is 5.81. The van der Waals surface area contributed by atoms with Crippen LogP contribution in [0.1, 0.15) is 5.56 Å². The highest BCUT2D eigenvalue weighted by molar-refractivity contribution is 9.10. The van der Waals surface area contributed by atoms with Crippen molar-refractivity contribution in [2.24, 2.45) is 5.73 Å². The van der Waals surface area contributed by atoms with Gasteiger partial charge in [-0.15, -0.1) is 11.8 Å². The summed E-state index contributed by atoms with van der Waals surface area (Å²) in [7, 11) is 0. The van der Waals surface area contributed by atoms with E-state index in [1.54, 1.807) is 11.8 Å². The van der Waals surface area contributed by atoms with E-state index in [9.17, 15) is 0 Å². The molecule has 0 aromatic heterocycles. The van der Waals surface area contributed by atoms with Gasteiger partial charge in [-0.3, -0.25) is 0 Å². The summed E-state index contributed by atoms with van der Waals surface area (Å²) in [5.41, 5.74) is 6.77. The van der Waals surface area contributed by atoms with Crippen molar-refractivity contribution in [2.75, 3.05) is 12.8 Å². The highest BCUT2D eigenvalue weighted by atomic mass is 79.9. The van der Waals surface area contributed by atoms with Crippen LogP contribution in [0.5, 0.6) is 11.5 Å². The summed E-state index contributed by atoms with van der Waals surface area (Å²) in [6.45, 7) is 0.608. The maximum absolute atomic E-state index is 6.04. The normalized spacial score (nSPS) is 10.5. The van der Waals surface area contributed by atoms with Crippen molar-refractivity contribution in [1.82, 2.24) is 0 Å². The topological polar surface area (TPSA) is 35.2 Å². The lowest BCUT2D eigenvalue weighted by Gasteiger charge is -2.13. The summed E-state index contributed by atoms with van der Waals surface area (Å²) in [6, 6.07) is 14.1. The van der Waals surface area contributed by atoms with Crippen LogP contribution >= 0.6 is 27.7 Å². The fraction of sp³-hybridized carbons (Fsp3) is 0.200. The largest absolute Gasteiger partial charge is 0.456 e. The Bertz CT molecular complexity index is 560. The molecule has 4 heteroatoms. The van der Waals surface area contributed by atoms with Gasteiger partial charge in [-0.25, -0.2) is 0 Å². The zero-order chi connectivity index (χ0) is 13.7. The van der Waals surface area contributed by atoms with E-state index in [2.05, 4.69) is 28.1 Å². The molecule has 0 bridgehead atoms. The van der Waals surface area contributed by atoms with Crippen LogP contribution in [-0.2, 0) is 6.42 Å². The standard InChI is InChI=1S/C15H16BrNOS/c1-19-15-5-3-2-4-14(15)18-13-7-6-12(16)10-11(13)8-9-17/h2-7,10H,8-9,17H2,1H3. The molecule has 0 spiro atoms. The molecule has 2 nitrogen and oxygen atoms in total. The van der Waals surface area contributed by atoms with Gasteiger partial charge in [0, 0.05) is 9.37 Å². The highest BCUT2D eigenvalue weighted by Crippen LogP contribution is 2.33. The Balaban J connectivity index is 2.32. The Kier molecular flexibility index (Phi) is 5.31. The molecule has 0 aliphatic carbocycles. The summed E-state index contributed by atoms with van der Waals surface area (Å²) in [4.78, 5) is 1.13. The molecule has 2 rings (SSSR count). The summed E-state index contributed by atoms with van der Waals surface area (Å²) in [5, 5.41) is 0. The van der Waals surface area contributed by atoms with Crippen molar-refractivity contribution < 1.29 is 4.74 Å². The van der Waals surface area contributed by atoms with Crippen LogP contribution < -0.4 is 10.5 Å². The molecule has 0 saturated carbocycles. The molecule has 2 aromatic rings. The molecular weight excluding hydrogens is 322 g/mol. The first-order valence-electron chi connectivity index (χ1n) is 6.04. The molecule has 0 aliphatic rings. The average Bonchev–Trinajstić information content (AvgIpc) is 2.43. The number of para-hydroxylation sites is 1. The Morgan fingerprint density at radius 1 is 1.16 bits per heavy atom. The number of hydrogen-bond donors (Lipinski definition) is 1. The SMILES string of the molecule is CSc1ccccc1Oc1ccc(Br)cc1CCN. The Labute approximate surface area is 126 Å². The lowest BCUT2D eigenvalue weighted by atomic mass is 10.1. The third-order valence-electron chi connectivity index (χ3n) is 2.73. The van der Waals surface area contributed by atoms with Crippen LogP contribution in [0, 0.1) is 0 Å². The molecule has 0 atom stereocenters. The monoisotopic (exact) mass is 337 g/mol. The van der Waals surface area contributed by atoms with Gasteiger partial charge in [-0.2, -0.15) is 0 Å². The lowest BCUT2D eigenvalue weighted by Crippen LogP contribution is -2.04. The minimum atomic E-state index is 0.608. The van der Waals surface area contributed by atoms with Gasteiger partial charge in [0.15, 0.2) is 0 Å². The number of halogens is 1. The molecule has 19 heavy (non-hydrogen) atoms. The first-order chi connectivity index (χ1) is 9.24. The van der Waals surface area contributed by atoms with Gasteiger partial charge in [0.2, 0.25) is 0 Å². The van der Waals surface area contributed by atoms with Crippen LogP contribution in [0.4, 0.5) is 0 Å². The van der Waals surface area contributed by atoms with E-state index in [4.69, 9.17) is 10.5 Å². The van der Waals surface area contributed by atoms with E-state index in [1.807, 2.05) is 36.6 Å². The molecule has 100 valence electrons. The van der Waals surface area contributed by atoms with E-state index in [-0.39, 0.29) is 0 Å². The summed E-state index contributed by atoms with van der Waals surface area (Å²) < 4.78 is 7.08. The summed E-state index contributed by atoms with van der Waals surface area (Å²) in [6.07, 6.45) is 2.85. The molecule has 2 N–H and O–H groups in total. The Morgan fingerprint density at radius 2 is 1.95 bits per heavy atom. The second kappa shape index (κ2) is 6.98. The van der Waals surface area contributed by atoms with Crippen LogP contribution in [0.2, 0.25) is 0 Å². The van der Waals surface area contributed by atoms with Gasteiger partial charge in [-0.05, 0) is 55.1 Å². The van der Waals surface area contributed by atoms with Crippen LogP contribution in [-0.4, -0.2) is 12.8 Å². The molecule has 0 aliphatic heterocycles. The third-order valence-corrected chi connectivity index (χ3v) is 4.00. The van der Waals surface area contributed by atoms with E-state index in [0.717, 1.165) is 32.9 Å². The van der Waals surface area contributed by atoms with Gasteiger partial charge < -0.3 is 10.5 Å². The molecule has 0 radical (unpaired) electrons. The van der Waals surface area contributed by atoms with Crippen molar-refractivity contribution in [1.29, 1.82) is 0 Å². The van der Waals surface area contributed by atoms with Gasteiger partial charge >= 0.3 is 0 Å². The van der Waals surface area contributed by atoms with E-state index in [1.165, 1.54) is 0 Å². The Hall–Kier alpha value is -0.970. The fourth-order valence-electron chi connectivity index (χ4n) is 1.82. The third kappa shape index (κ3) is 3.75. The van der Waals surface area contributed by atoms with Gasteiger partial charge in [-0.1, -0.05) is 28.1 Å². The molecule has 0 saturated heterocycles. The predicted molar refractivity (Wildman–Crippen MR) is 85.2 cm³/mol. The quantitative estimate of drug-likeness (QED) is 0.818. The number of benzene rings is 2. The van der Waals surface area contributed by atoms with E-state index in [0.29, 0.717) is 6.54 Å². The van der Waals surface area contributed by atoms with Crippen molar-refractivity contribution >= 4 is 27.7 Å². The fourth-order valence-corrected chi connectivity index (χ4v) is 2.75. The number of ether oxygens (including phenoxy) is 1. The van der Waals surface area contributed by atoms with Crippen molar-refractivity contribution in [3.8, 4) is 11.5 Å². The minimum Gasteiger partial charge on any atom is -0.456 e.